The van der Waals surface area contributed by atoms with Gasteiger partial charge in [-0.05, 0) is 26.0 Å². The average Bonchev–Trinajstić information content (AvgIpc) is 2.51. The van der Waals surface area contributed by atoms with Gasteiger partial charge >= 0.3 is 0 Å². The van der Waals surface area contributed by atoms with Crippen molar-refractivity contribution in [1.29, 1.82) is 0 Å². The van der Waals surface area contributed by atoms with Gasteiger partial charge in [0.15, 0.2) is 5.82 Å². The highest BCUT2D eigenvalue weighted by Crippen LogP contribution is 2.13. The molecule has 6 nitrogen and oxygen atoms in total. The number of aromatic nitrogens is 4. The molecule has 2 N–H and O–H groups in total. The molecule has 0 aliphatic rings. The predicted octanol–water partition coefficient (Wildman–Crippen LogP) is 0.422. The third-order valence-corrected chi connectivity index (χ3v) is 1.82. The summed E-state index contributed by atoms with van der Waals surface area (Å²) in [6.45, 7) is 8.39. The molecule has 0 spiro atoms. The normalized spacial score (nSPS) is 14.4. The van der Waals surface area contributed by atoms with Gasteiger partial charge in [0, 0.05) is 5.92 Å². The smallest absolute Gasteiger partial charge is 0.180 e. The maximum Gasteiger partial charge on any atom is 0.180 e. The van der Waals surface area contributed by atoms with Crippen LogP contribution in [0.5, 0.6) is 0 Å². The fourth-order valence-electron chi connectivity index (χ4n) is 0.925. The highest BCUT2D eigenvalue weighted by atomic mass is 16.6. The second-order valence-corrected chi connectivity index (χ2v) is 4.34. The summed E-state index contributed by atoms with van der Waals surface area (Å²) in [5.74, 6) is 5.70. The molecule has 1 aromatic rings. The first-order valence-electron chi connectivity index (χ1n) is 4.57. The van der Waals surface area contributed by atoms with E-state index in [2.05, 4.69) is 20.2 Å². The van der Waals surface area contributed by atoms with Crippen molar-refractivity contribution in [3.63, 3.8) is 0 Å². The zero-order chi connectivity index (χ0) is 10.8. The summed E-state index contributed by atoms with van der Waals surface area (Å²) in [5.41, 5.74) is -0.144. The maximum atomic E-state index is 4.98. The highest BCUT2D eigenvalue weighted by Gasteiger charge is 2.19. The molecule has 6 heteroatoms. The largest absolute Gasteiger partial charge is 0.304 e. The lowest BCUT2D eigenvalue weighted by Gasteiger charge is -2.15. The molecule has 0 fully saturated rings. The predicted molar refractivity (Wildman–Crippen MR) is 51.4 cm³/mol. The van der Waals surface area contributed by atoms with Crippen LogP contribution in [0.1, 0.15) is 39.4 Å². The summed E-state index contributed by atoms with van der Waals surface area (Å²) in [7, 11) is 0. The number of nitrogens with two attached hydrogens (primary N) is 1. The van der Waals surface area contributed by atoms with E-state index >= 15 is 0 Å². The van der Waals surface area contributed by atoms with E-state index in [1.165, 1.54) is 0 Å². The molecule has 1 rings (SSSR count). The van der Waals surface area contributed by atoms with Crippen LogP contribution >= 0.6 is 0 Å². The van der Waals surface area contributed by atoms with Gasteiger partial charge in [-0.25, -0.2) is 5.90 Å². The van der Waals surface area contributed by atoms with Crippen molar-refractivity contribution in [3.05, 3.63) is 5.82 Å². The van der Waals surface area contributed by atoms with Gasteiger partial charge in [0.2, 0.25) is 0 Å². The quantitative estimate of drug-likeness (QED) is 0.714. The molecular formula is C8H17N5O. The fourth-order valence-corrected chi connectivity index (χ4v) is 0.925. The molecular weight excluding hydrogens is 182 g/mol. The maximum absolute atomic E-state index is 4.98. The molecule has 0 bridgehead atoms. The lowest BCUT2D eigenvalue weighted by molar-refractivity contribution is 0.124. The van der Waals surface area contributed by atoms with Crippen molar-refractivity contribution in [1.82, 2.24) is 20.2 Å². The van der Waals surface area contributed by atoms with Crippen LogP contribution in [0.25, 0.3) is 0 Å². The van der Waals surface area contributed by atoms with Crippen LogP contribution in [0, 0.1) is 0 Å². The second kappa shape index (κ2) is 4.02. The van der Waals surface area contributed by atoms with Gasteiger partial charge in [0.05, 0.1) is 12.1 Å². The third-order valence-electron chi connectivity index (χ3n) is 1.82. The SMILES string of the molecule is CC(CON)c1nnn(C(C)(C)C)n1. The number of hydrogen-bond acceptors (Lipinski definition) is 5. The molecule has 80 valence electrons. The molecule has 0 aliphatic carbocycles. The minimum absolute atomic E-state index is 0.0658. The molecule has 0 saturated carbocycles. The molecule has 0 aromatic carbocycles. The van der Waals surface area contributed by atoms with Crippen LogP contribution in [0.15, 0.2) is 0 Å². The van der Waals surface area contributed by atoms with Gasteiger partial charge in [-0.3, -0.25) is 0 Å². The number of rotatable bonds is 3. The van der Waals surface area contributed by atoms with Crippen molar-refractivity contribution >= 4 is 0 Å². The zero-order valence-corrected chi connectivity index (χ0v) is 9.06. The standard InChI is InChI=1S/C8H17N5O/c1-6(5-14-9)7-10-12-13(11-7)8(2,3)4/h6H,5,9H2,1-4H3. The molecule has 0 saturated heterocycles. The van der Waals surface area contributed by atoms with Gasteiger partial charge in [0.25, 0.3) is 0 Å². The van der Waals surface area contributed by atoms with E-state index in [1.54, 1.807) is 4.80 Å². The van der Waals surface area contributed by atoms with Gasteiger partial charge < -0.3 is 4.84 Å². The summed E-state index contributed by atoms with van der Waals surface area (Å²) < 4.78 is 0. The number of nitrogens with zero attached hydrogens (tertiary/aromatic N) is 4. The topological polar surface area (TPSA) is 78.9 Å². The molecule has 14 heavy (non-hydrogen) atoms. The van der Waals surface area contributed by atoms with E-state index in [0.717, 1.165) is 0 Å². The molecule has 1 unspecified atom stereocenters. The first-order valence-corrected chi connectivity index (χ1v) is 4.57. The Morgan fingerprint density at radius 3 is 2.57 bits per heavy atom. The van der Waals surface area contributed by atoms with Gasteiger partial charge in [-0.1, -0.05) is 6.92 Å². The minimum atomic E-state index is -0.144. The average molecular weight is 199 g/mol. The van der Waals surface area contributed by atoms with E-state index in [-0.39, 0.29) is 11.5 Å². The summed E-state index contributed by atoms with van der Waals surface area (Å²) in [4.78, 5) is 6.13. The lowest BCUT2D eigenvalue weighted by Crippen LogP contribution is -2.25. The van der Waals surface area contributed by atoms with E-state index in [1.807, 2.05) is 27.7 Å². The fraction of sp³-hybridized carbons (Fsp3) is 0.875. The van der Waals surface area contributed by atoms with Crippen LogP contribution in [-0.2, 0) is 10.4 Å². The number of tetrazole rings is 1. The Morgan fingerprint density at radius 2 is 2.14 bits per heavy atom. The Morgan fingerprint density at radius 1 is 1.50 bits per heavy atom. The minimum Gasteiger partial charge on any atom is -0.304 e. The van der Waals surface area contributed by atoms with Crippen LogP contribution in [0.2, 0.25) is 0 Å². The van der Waals surface area contributed by atoms with Crippen LogP contribution in [0.4, 0.5) is 0 Å². The van der Waals surface area contributed by atoms with E-state index < -0.39 is 0 Å². The molecule has 1 atom stereocenters. The molecule has 0 aliphatic heterocycles. The Kier molecular flexibility index (Phi) is 3.17. The van der Waals surface area contributed by atoms with Gasteiger partial charge in [-0.15, -0.1) is 10.2 Å². The van der Waals surface area contributed by atoms with E-state index in [9.17, 15) is 0 Å². The molecule has 1 heterocycles. The van der Waals surface area contributed by atoms with Gasteiger partial charge in [0.1, 0.15) is 0 Å². The third kappa shape index (κ3) is 2.49. The summed E-state index contributed by atoms with van der Waals surface area (Å²) in [6.07, 6.45) is 0. The lowest BCUT2D eigenvalue weighted by atomic mass is 10.1. The molecule has 0 amide bonds. The van der Waals surface area contributed by atoms with Crippen molar-refractivity contribution in [2.45, 2.75) is 39.2 Å². The summed E-state index contributed by atoms with van der Waals surface area (Å²) >= 11 is 0. The van der Waals surface area contributed by atoms with Crippen molar-refractivity contribution in [2.75, 3.05) is 6.61 Å². The Hall–Kier alpha value is -1.01. The zero-order valence-electron chi connectivity index (χ0n) is 9.06. The Labute approximate surface area is 83.4 Å². The van der Waals surface area contributed by atoms with Gasteiger partial charge in [-0.2, -0.15) is 4.80 Å². The van der Waals surface area contributed by atoms with Crippen molar-refractivity contribution in [3.8, 4) is 0 Å². The van der Waals surface area contributed by atoms with Crippen LogP contribution in [0.3, 0.4) is 0 Å². The van der Waals surface area contributed by atoms with Crippen molar-refractivity contribution < 1.29 is 4.84 Å². The van der Waals surface area contributed by atoms with E-state index in [4.69, 9.17) is 5.90 Å². The van der Waals surface area contributed by atoms with Crippen LogP contribution < -0.4 is 5.90 Å². The summed E-state index contributed by atoms with van der Waals surface area (Å²) in [6, 6.07) is 0. The van der Waals surface area contributed by atoms with Crippen molar-refractivity contribution in [2.24, 2.45) is 5.90 Å². The summed E-state index contributed by atoms with van der Waals surface area (Å²) in [5, 5.41) is 12.2. The van der Waals surface area contributed by atoms with E-state index in [0.29, 0.717) is 12.4 Å². The first kappa shape index (κ1) is 11.1. The highest BCUT2D eigenvalue weighted by molar-refractivity contribution is 4.88. The Bertz CT molecular complexity index is 290. The monoisotopic (exact) mass is 199 g/mol. The Balaban J connectivity index is 2.78. The molecule has 1 aromatic heterocycles. The second-order valence-electron chi connectivity index (χ2n) is 4.34. The first-order chi connectivity index (χ1) is 6.45. The molecule has 0 radical (unpaired) electrons. The number of hydrogen-bond donors (Lipinski definition) is 1. The van der Waals surface area contributed by atoms with Crippen LogP contribution in [-0.4, -0.2) is 26.8 Å².